The van der Waals surface area contributed by atoms with Crippen LogP contribution in [-0.4, -0.2) is 29.2 Å². The summed E-state index contributed by atoms with van der Waals surface area (Å²) < 4.78 is 0. The zero-order valence-corrected chi connectivity index (χ0v) is 11.0. The summed E-state index contributed by atoms with van der Waals surface area (Å²) in [6.07, 6.45) is 4.58. The third-order valence-corrected chi connectivity index (χ3v) is 4.56. The van der Waals surface area contributed by atoms with Crippen LogP contribution in [0, 0.1) is 11.8 Å². The Kier molecular flexibility index (Phi) is 3.67. The minimum absolute atomic E-state index is 0.0297. The van der Waals surface area contributed by atoms with E-state index in [2.05, 4.69) is 35.2 Å². The molecular weight excluding hydrogens is 222 g/mol. The van der Waals surface area contributed by atoms with Gasteiger partial charge in [-0.3, -0.25) is 4.90 Å². The van der Waals surface area contributed by atoms with E-state index in [1.54, 1.807) is 0 Å². The summed E-state index contributed by atoms with van der Waals surface area (Å²) in [5.41, 5.74) is 1.41. The molecule has 1 aromatic carbocycles. The molecule has 1 atom stereocenters. The van der Waals surface area contributed by atoms with Crippen LogP contribution in [0.3, 0.4) is 0 Å². The highest BCUT2D eigenvalue weighted by Crippen LogP contribution is 2.39. The Hall–Kier alpha value is -0.860. The predicted molar refractivity (Wildman–Crippen MR) is 73.2 cm³/mol. The SMILES string of the molecule is OC1CCCN(Cc2ccccc2)CC2CC1C2. The van der Waals surface area contributed by atoms with E-state index in [4.69, 9.17) is 0 Å². The van der Waals surface area contributed by atoms with Crippen molar-refractivity contribution in [3.8, 4) is 0 Å². The summed E-state index contributed by atoms with van der Waals surface area (Å²) in [5, 5.41) is 10.0. The van der Waals surface area contributed by atoms with Crippen LogP contribution in [0.2, 0.25) is 0 Å². The largest absolute Gasteiger partial charge is 0.393 e. The lowest BCUT2D eigenvalue weighted by molar-refractivity contribution is 0.0214. The van der Waals surface area contributed by atoms with E-state index in [1.807, 2.05) is 0 Å². The second-order valence-electron chi connectivity index (χ2n) is 6.03. The zero-order valence-electron chi connectivity index (χ0n) is 11.0. The third-order valence-electron chi connectivity index (χ3n) is 4.56. The number of rotatable bonds is 2. The van der Waals surface area contributed by atoms with Gasteiger partial charge in [0.2, 0.25) is 0 Å². The molecule has 2 aliphatic heterocycles. The van der Waals surface area contributed by atoms with Crippen LogP contribution < -0.4 is 0 Å². The molecule has 18 heavy (non-hydrogen) atoms. The van der Waals surface area contributed by atoms with Crippen LogP contribution in [0.25, 0.3) is 0 Å². The van der Waals surface area contributed by atoms with E-state index in [-0.39, 0.29) is 6.10 Å². The van der Waals surface area contributed by atoms with Crippen molar-refractivity contribution in [3.05, 3.63) is 35.9 Å². The molecule has 0 spiro atoms. The van der Waals surface area contributed by atoms with Gasteiger partial charge in [-0.05, 0) is 49.6 Å². The molecule has 0 radical (unpaired) electrons. The highest BCUT2D eigenvalue weighted by Gasteiger charge is 2.35. The fraction of sp³-hybridized carbons (Fsp3) is 0.625. The molecule has 1 N–H and O–H groups in total. The molecule has 2 heteroatoms. The molecule has 2 saturated heterocycles. The molecule has 1 aliphatic carbocycles. The molecule has 0 aromatic heterocycles. The Bertz CT molecular complexity index is 369. The lowest BCUT2D eigenvalue weighted by Crippen LogP contribution is -2.38. The van der Waals surface area contributed by atoms with Crippen molar-refractivity contribution in [1.82, 2.24) is 4.90 Å². The molecule has 1 saturated carbocycles. The number of aliphatic hydroxyl groups is 1. The molecule has 98 valence electrons. The summed E-state index contributed by atoms with van der Waals surface area (Å²) in [5.74, 6) is 1.43. The van der Waals surface area contributed by atoms with Crippen LogP contribution in [0.5, 0.6) is 0 Å². The standard InChI is InChI=1S/C16H23NO/c18-16-7-4-8-17(12-14-9-15(16)10-14)11-13-5-2-1-3-6-13/h1-3,5-6,14-16,18H,4,7-12H2. The van der Waals surface area contributed by atoms with Gasteiger partial charge >= 0.3 is 0 Å². The van der Waals surface area contributed by atoms with E-state index < -0.39 is 0 Å². The van der Waals surface area contributed by atoms with Crippen LogP contribution >= 0.6 is 0 Å². The summed E-state index contributed by atoms with van der Waals surface area (Å²) in [6.45, 7) is 3.42. The zero-order chi connectivity index (χ0) is 12.4. The average molecular weight is 245 g/mol. The summed E-state index contributed by atoms with van der Waals surface area (Å²) >= 11 is 0. The fourth-order valence-electron chi connectivity index (χ4n) is 3.45. The molecule has 2 heterocycles. The first-order valence-corrected chi connectivity index (χ1v) is 7.25. The van der Waals surface area contributed by atoms with Crippen molar-refractivity contribution >= 4 is 0 Å². The topological polar surface area (TPSA) is 23.5 Å². The number of nitrogens with zero attached hydrogens (tertiary/aromatic N) is 1. The van der Waals surface area contributed by atoms with Crippen molar-refractivity contribution < 1.29 is 5.11 Å². The molecule has 3 aliphatic rings. The minimum atomic E-state index is -0.0297. The number of hydrogen-bond acceptors (Lipinski definition) is 2. The van der Waals surface area contributed by atoms with Crippen LogP contribution in [0.15, 0.2) is 30.3 Å². The third kappa shape index (κ3) is 2.76. The van der Waals surface area contributed by atoms with E-state index in [1.165, 1.54) is 24.9 Å². The Labute approximate surface area is 110 Å². The first kappa shape index (κ1) is 12.2. The molecule has 1 aromatic rings. The van der Waals surface area contributed by atoms with Gasteiger partial charge in [-0.1, -0.05) is 30.3 Å². The maximum Gasteiger partial charge on any atom is 0.0569 e. The Balaban J connectivity index is 1.61. The van der Waals surface area contributed by atoms with Gasteiger partial charge in [-0.15, -0.1) is 0 Å². The van der Waals surface area contributed by atoms with Gasteiger partial charge in [0.1, 0.15) is 0 Å². The van der Waals surface area contributed by atoms with Crippen molar-refractivity contribution in [2.75, 3.05) is 13.1 Å². The normalized spacial score (nSPS) is 33.1. The second-order valence-corrected chi connectivity index (χ2v) is 6.03. The van der Waals surface area contributed by atoms with Crippen molar-refractivity contribution in [2.24, 2.45) is 11.8 Å². The molecule has 4 rings (SSSR count). The maximum atomic E-state index is 10.0. The molecule has 3 fully saturated rings. The monoisotopic (exact) mass is 245 g/mol. The van der Waals surface area contributed by atoms with E-state index in [9.17, 15) is 5.11 Å². The summed E-state index contributed by atoms with van der Waals surface area (Å²) in [6, 6.07) is 10.7. The Morgan fingerprint density at radius 1 is 1.17 bits per heavy atom. The Morgan fingerprint density at radius 2 is 1.94 bits per heavy atom. The highest BCUT2D eigenvalue weighted by atomic mass is 16.3. The number of fused-ring (bicyclic) bond motifs is 5. The van der Waals surface area contributed by atoms with Crippen molar-refractivity contribution in [1.29, 1.82) is 0 Å². The highest BCUT2D eigenvalue weighted by molar-refractivity contribution is 5.14. The van der Waals surface area contributed by atoms with Crippen molar-refractivity contribution in [2.45, 2.75) is 38.3 Å². The predicted octanol–water partition coefficient (Wildman–Crippen LogP) is 2.67. The van der Waals surface area contributed by atoms with Crippen LogP contribution in [-0.2, 0) is 6.54 Å². The number of aliphatic hydroxyl groups excluding tert-OH is 1. The van der Waals surface area contributed by atoms with Crippen molar-refractivity contribution in [3.63, 3.8) is 0 Å². The van der Waals surface area contributed by atoms with E-state index in [0.29, 0.717) is 5.92 Å². The van der Waals surface area contributed by atoms with Gasteiger partial charge in [-0.2, -0.15) is 0 Å². The van der Waals surface area contributed by atoms with Gasteiger partial charge in [0.05, 0.1) is 6.10 Å². The van der Waals surface area contributed by atoms with Gasteiger partial charge in [0.15, 0.2) is 0 Å². The van der Waals surface area contributed by atoms with Gasteiger partial charge in [-0.25, -0.2) is 0 Å². The number of benzene rings is 1. The molecule has 2 nitrogen and oxygen atoms in total. The van der Waals surface area contributed by atoms with Gasteiger partial charge in [0, 0.05) is 13.1 Å². The Morgan fingerprint density at radius 3 is 2.72 bits per heavy atom. The fourth-order valence-corrected chi connectivity index (χ4v) is 3.45. The van der Waals surface area contributed by atoms with E-state index in [0.717, 1.165) is 31.8 Å². The molecular formula is C16H23NO. The molecule has 2 bridgehead atoms. The average Bonchev–Trinajstić information content (AvgIpc) is 2.44. The molecule has 0 amide bonds. The summed E-state index contributed by atoms with van der Waals surface area (Å²) in [4.78, 5) is 2.58. The van der Waals surface area contributed by atoms with E-state index >= 15 is 0 Å². The molecule has 1 unspecified atom stereocenters. The lowest BCUT2D eigenvalue weighted by Gasteiger charge is -2.39. The quantitative estimate of drug-likeness (QED) is 0.866. The number of hydrogen-bond donors (Lipinski definition) is 1. The van der Waals surface area contributed by atoms with Gasteiger partial charge < -0.3 is 5.11 Å². The smallest absolute Gasteiger partial charge is 0.0569 e. The second kappa shape index (κ2) is 5.41. The summed E-state index contributed by atoms with van der Waals surface area (Å²) in [7, 11) is 0. The first-order valence-electron chi connectivity index (χ1n) is 7.25. The minimum Gasteiger partial charge on any atom is -0.393 e. The first-order chi connectivity index (χ1) is 8.81. The van der Waals surface area contributed by atoms with Crippen LogP contribution in [0.4, 0.5) is 0 Å². The lowest BCUT2D eigenvalue weighted by atomic mass is 9.71. The van der Waals surface area contributed by atoms with Gasteiger partial charge in [0.25, 0.3) is 0 Å². The maximum absolute atomic E-state index is 10.0. The van der Waals surface area contributed by atoms with Crippen LogP contribution in [0.1, 0.15) is 31.2 Å².